The summed E-state index contributed by atoms with van der Waals surface area (Å²) in [6.07, 6.45) is 6.03. The van der Waals surface area contributed by atoms with E-state index in [4.69, 9.17) is 9.84 Å². The molecular weight excluding hydrogens is 246 g/mol. The smallest absolute Gasteiger partial charge is 0.326 e. The van der Waals surface area contributed by atoms with Crippen molar-refractivity contribution < 1.29 is 19.4 Å². The Labute approximate surface area is 113 Å². The number of ether oxygens (including phenoxy) is 1. The average Bonchev–Trinajstić information content (AvgIpc) is 2.81. The fourth-order valence-electron chi connectivity index (χ4n) is 3.01. The molecule has 3 unspecified atom stereocenters. The first kappa shape index (κ1) is 14.3. The van der Waals surface area contributed by atoms with E-state index in [0.717, 1.165) is 25.7 Å². The van der Waals surface area contributed by atoms with Gasteiger partial charge in [0, 0.05) is 13.0 Å². The highest BCUT2D eigenvalue weighted by Crippen LogP contribution is 2.24. The number of aliphatic carboxylic acids is 1. The van der Waals surface area contributed by atoms with Crippen molar-refractivity contribution in [2.75, 3.05) is 6.54 Å². The molecule has 2 aliphatic heterocycles. The van der Waals surface area contributed by atoms with Crippen molar-refractivity contribution in [1.82, 2.24) is 4.90 Å². The lowest BCUT2D eigenvalue weighted by molar-refractivity contribution is -0.152. The Kier molecular flexibility index (Phi) is 4.80. The Hall–Kier alpha value is -1.10. The molecule has 19 heavy (non-hydrogen) atoms. The van der Waals surface area contributed by atoms with Crippen LogP contribution in [0, 0.1) is 0 Å². The summed E-state index contributed by atoms with van der Waals surface area (Å²) in [7, 11) is 0. The van der Waals surface area contributed by atoms with E-state index >= 15 is 0 Å². The van der Waals surface area contributed by atoms with E-state index in [1.54, 1.807) is 4.90 Å². The molecule has 0 aliphatic carbocycles. The highest BCUT2D eigenvalue weighted by atomic mass is 16.5. The number of hydrogen-bond acceptors (Lipinski definition) is 3. The number of rotatable bonds is 4. The van der Waals surface area contributed by atoms with Crippen LogP contribution in [0.2, 0.25) is 0 Å². The minimum absolute atomic E-state index is 0.0322. The van der Waals surface area contributed by atoms with Gasteiger partial charge in [-0.25, -0.2) is 4.79 Å². The van der Waals surface area contributed by atoms with Crippen LogP contribution in [0.3, 0.4) is 0 Å². The van der Waals surface area contributed by atoms with E-state index in [9.17, 15) is 9.59 Å². The predicted molar refractivity (Wildman–Crippen MR) is 69.8 cm³/mol. The number of nitrogens with zero attached hydrogens (tertiary/aromatic N) is 1. The topological polar surface area (TPSA) is 66.8 Å². The van der Waals surface area contributed by atoms with Crippen LogP contribution in [0.25, 0.3) is 0 Å². The lowest BCUT2D eigenvalue weighted by Gasteiger charge is -2.33. The largest absolute Gasteiger partial charge is 0.480 e. The van der Waals surface area contributed by atoms with E-state index in [0.29, 0.717) is 31.9 Å². The van der Waals surface area contributed by atoms with Crippen LogP contribution >= 0.6 is 0 Å². The molecule has 2 heterocycles. The van der Waals surface area contributed by atoms with Gasteiger partial charge in [0.2, 0.25) is 5.91 Å². The molecule has 2 rings (SSSR count). The molecule has 3 atom stereocenters. The van der Waals surface area contributed by atoms with Crippen molar-refractivity contribution in [3.63, 3.8) is 0 Å². The van der Waals surface area contributed by atoms with Gasteiger partial charge in [-0.2, -0.15) is 0 Å². The number of likely N-dealkylation sites (tertiary alicyclic amines) is 1. The summed E-state index contributed by atoms with van der Waals surface area (Å²) < 4.78 is 5.69. The number of piperidine rings is 1. The van der Waals surface area contributed by atoms with Gasteiger partial charge < -0.3 is 14.7 Å². The third kappa shape index (κ3) is 3.69. The molecule has 108 valence electrons. The molecule has 1 amide bonds. The van der Waals surface area contributed by atoms with E-state index < -0.39 is 12.0 Å². The zero-order chi connectivity index (χ0) is 13.8. The predicted octanol–water partition coefficient (Wildman–Crippen LogP) is 1.80. The molecule has 5 nitrogen and oxygen atoms in total. The van der Waals surface area contributed by atoms with Gasteiger partial charge >= 0.3 is 5.97 Å². The van der Waals surface area contributed by atoms with Crippen LogP contribution in [0.4, 0.5) is 0 Å². The highest BCUT2D eigenvalue weighted by Gasteiger charge is 2.32. The summed E-state index contributed by atoms with van der Waals surface area (Å²) in [6.45, 7) is 2.63. The van der Waals surface area contributed by atoms with E-state index in [2.05, 4.69) is 0 Å². The molecule has 0 radical (unpaired) electrons. The quantitative estimate of drug-likeness (QED) is 0.845. The lowest BCUT2D eigenvalue weighted by atomic mass is 10.0. The molecule has 0 bridgehead atoms. The van der Waals surface area contributed by atoms with E-state index in [-0.39, 0.29) is 12.0 Å². The molecular formula is C14H23NO4. The zero-order valence-electron chi connectivity index (χ0n) is 11.5. The van der Waals surface area contributed by atoms with Crippen LogP contribution in [-0.2, 0) is 14.3 Å². The third-order valence-corrected chi connectivity index (χ3v) is 4.11. The van der Waals surface area contributed by atoms with Crippen LogP contribution in [-0.4, -0.2) is 46.7 Å². The molecule has 0 saturated carbocycles. The minimum Gasteiger partial charge on any atom is -0.480 e. The van der Waals surface area contributed by atoms with Crippen molar-refractivity contribution in [2.45, 2.75) is 70.1 Å². The third-order valence-electron chi connectivity index (χ3n) is 4.11. The normalized spacial score (nSPS) is 31.4. The summed E-state index contributed by atoms with van der Waals surface area (Å²) in [5.41, 5.74) is 0. The standard InChI is InChI=1S/C14H23NO4/c1-10-5-6-11(19-10)7-8-13(16)15-9-3-2-4-12(15)14(17)18/h10-12H,2-9H2,1H3,(H,17,18). The van der Waals surface area contributed by atoms with Crippen molar-refractivity contribution in [3.05, 3.63) is 0 Å². The molecule has 1 N–H and O–H groups in total. The Morgan fingerprint density at radius 2 is 2.05 bits per heavy atom. The second-order valence-corrected chi connectivity index (χ2v) is 5.62. The first-order chi connectivity index (χ1) is 9.08. The number of carboxylic acid groups (broad SMARTS) is 1. The second-order valence-electron chi connectivity index (χ2n) is 5.62. The van der Waals surface area contributed by atoms with Gasteiger partial charge in [-0.15, -0.1) is 0 Å². The van der Waals surface area contributed by atoms with Gasteiger partial charge in [-0.3, -0.25) is 4.79 Å². The summed E-state index contributed by atoms with van der Waals surface area (Å²) in [6, 6.07) is -0.621. The van der Waals surface area contributed by atoms with Gasteiger partial charge in [0.25, 0.3) is 0 Å². The highest BCUT2D eigenvalue weighted by molar-refractivity contribution is 5.83. The molecule has 2 fully saturated rings. The SMILES string of the molecule is CC1CCC(CCC(=O)N2CCCCC2C(=O)O)O1. The van der Waals surface area contributed by atoms with E-state index in [1.165, 1.54) is 0 Å². The summed E-state index contributed by atoms with van der Waals surface area (Å²) >= 11 is 0. The molecule has 0 aromatic rings. The molecule has 0 spiro atoms. The number of carbonyl (C=O) groups excluding carboxylic acids is 1. The minimum atomic E-state index is -0.876. The fraction of sp³-hybridized carbons (Fsp3) is 0.857. The van der Waals surface area contributed by atoms with Crippen molar-refractivity contribution in [2.24, 2.45) is 0 Å². The maximum atomic E-state index is 12.2. The van der Waals surface area contributed by atoms with Gasteiger partial charge in [-0.05, 0) is 45.4 Å². The van der Waals surface area contributed by atoms with Gasteiger partial charge in [0.05, 0.1) is 12.2 Å². The van der Waals surface area contributed by atoms with Gasteiger partial charge in [0.1, 0.15) is 6.04 Å². The Balaban J connectivity index is 1.82. The first-order valence-electron chi connectivity index (χ1n) is 7.25. The molecule has 5 heteroatoms. The second kappa shape index (κ2) is 6.37. The summed E-state index contributed by atoms with van der Waals surface area (Å²) in [5.74, 6) is -0.908. The number of carboxylic acids is 1. The van der Waals surface area contributed by atoms with Crippen molar-refractivity contribution >= 4 is 11.9 Å². The van der Waals surface area contributed by atoms with E-state index in [1.807, 2.05) is 6.92 Å². The lowest BCUT2D eigenvalue weighted by Crippen LogP contribution is -2.48. The number of hydrogen-bond donors (Lipinski definition) is 1. The Bertz CT molecular complexity index is 344. The van der Waals surface area contributed by atoms with Gasteiger partial charge in [0.15, 0.2) is 0 Å². The molecule has 0 aromatic carbocycles. The van der Waals surface area contributed by atoms with Crippen molar-refractivity contribution in [3.8, 4) is 0 Å². The zero-order valence-corrected chi connectivity index (χ0v) is 11.5. The van der Waals surface area contributed by atoms with Crippen LogP contribution in [0.1, 0.15) is 51.9 Å². The average molecular weight is 269 g/mol. The van der Waals surface area contributed by atoms with Crippen LogP contribution in [0.5, 0.6) is 0 Å². The molecule has 2 saturated heterocycles. The van der Waals surface area contributed by atoms with Crippen LogP contribution < -0.4 is 0 Å². The number of amides is 1. The Morgan fingerprint density at radius 3 is 2.68 bits per heavy atom. The summed E-state index contributed by atoms with van der Waals surface area (Å²) in [4.78, 5) is 24.9. The maximum Gasteiger partial charge on any atom is 0.326 e. The Morgan fingerprint density at radius 1 is 1.26 bits per heavy atom. The maximum absolute atomic E-state index is 12.2. The summed E-state index contributed by atoms with van der Waals surface area (Å²) in [5, 5.41) is 9.15. The molecule has 0 aromatic heterocycles. The van der Waals surface area contributed by atoms with Crippen LogP contribution in [0.15, 0.2) is 0 Å². The molecule has 2 aliphatic rings. The monoisotopic (exact) mass is 269 g/mol. The first-order valence-corrected chi connectivity index (χ1v) is 7.25. The number of carbonyl (C=O) groups is 2. The fourth-order valence-corrected chi connectivity index (χ4v) is 3.01. The van der Waals surface area contributed by atoms with Crippen molar-refractivity contribution in [1.29, 1.82) is 0 Å². The van der Waals surface area contributed by atoms with Gasteiger partial charge in [-0.1, -0.05) is 0 Å².